The van der Waals surface area contributed by atoms with Crippen LogP contribution in [0.5, 0.6) is 11.5 Å². The second-order valence-corrected chi connectivity index (χ2v) is 10.00. The van der Waals surface area contributed by atoms with Gasteiger partial charge in [-0.3, -0.25) is 9.59 Å². The maximum absolute atomic E-state index is 13.6. The molecule has 3 aromatic rings. The Morgan fingerprint density at radius 2 is 1.56 bits per heavy atom. The number of benzene rings is 3. The van der Waals surface area contributed by atoms with Gasteiger partial charge in [0.05, 0.1) is 7.11 Å². The fourth-order valence-electron chi connectivity index (χ4n) is 3.74. The molecule has 6 nitrogen and oxygen atoms in total. The number of halogens is 1. The Kier molecular flexibility index (Phi) is 9.37. The molecule has 0 aliphatic carbocycles. The van der Waals surface area contributed by atoms with Gasteiger partial charge in [0.25, 0.3) is 5.91 Å². The molecular formula is C29H33ClN2O4. The van der Waals surface area contributed by atoms with E-state index in [9.17, 15) is 9.59 Å². The first-order valence-corrected chi connectivity index (χ1v) is 12.2. The highest BCUT2D eigenvalue weighted by molar-refractivity contribution is 6.30. The van der Waals surface area contributed by atoms with E-state index in [1.165, 1.54) is 0 Å². The van der Waals surface area contributed by atoms with Gasteiger partial charge in [-0.25, -0.2) is 0 Å². The highest BCUT2D eigenvalue weighted by Crippen LogP contribution is 2.20. The Balaban J connectivity index is 1.91. The summed E-state index contributed by atoms with van der Waals surface area (Å²) in [5.41, 5.74) is 1.31. The fraction of sp³-hybridized carbons (Fsp3) is 0.310. The van der Waals surface area contributed by atoms with E-state index in [4.69, 9.17) is 21.1 Å². The highest BCUT2D eigenvalue weighted by atomic mass is 35.5. The molecule has 36 heavy (non-hydrogen) atoms. The summed E-state index contributed by atoms with van der Waals surface area (Å²) >= 11 is 6.22. The van der Waals surface area contributed by atoms with E-state index < -0.39 is 11.6 Å². The summed E-state index contributed by atoms with van der Waals surface area (Å²) in [6, 6.07) is 23.2. The van der Waals surface area contributed by atoms with Gasteiger partial charge in [-0.2, -0.15) is 0 Å². The van der Waals surface area contributed by atoms with Crippen LogP contribution in [0.1, 0.15) is 31.9 Å². The van der Waals surface area contributed by atoms with E-state index in [2.05, 4.69) is 5.32 Å². The molecule has 1 N–H and O–H groups in total. The maximum Gasteiger partial charge on any atom is 0.261 e. The molecule has 3 aromatic carbocycles. The molecule has 0 unspecified atom stereocenters. The quantitative estimate of drug-likeness (QED) is 0.404. The summed E-state index contributed by atoms with van der Waals surface area (Å²) in [4.78, 5) is 28.7. The van der Waals surface area contributed by atoms with Crippen LogP contribution in [0.25, 0.3) is 0 Å². The van der Waals surface area contributed by atoms with Crippen LogP contribution < -0.4 is 14.8 Å². The van der Waals surface area contributed by atoms with Gasteiger partial charge in [0, 0.05) is 23.5 Å². The van der Waals surface area contributed by atoms with Gasteiger partial charge >= 0.3 is 0 Å². The van der Waals surface area contributed by atoms with E-state index in [0.717, 1.165) is 11.1 Å². The van der Waals surface area contributed by atoms with Crippen LogP contribution in [0.15, 0.2) is 78.9 Å². The summed E-state index contributed by atoms with van der Waals surface area (Å²) in [5.74, 6) is 0.686. The van der Waals surface area contributed by atoms with Crippen LogP contribution >= 0.6 is 11.6 Å². The average molecular weight is 509 g/mol. The minimum Gasteiger partial charge on any atom is -0.497 e. The molecule has 0 heterocycles. The number of amides is 2. The fourth-order valence-corrected chi connectivity index (χ4v) is 3.95. The van der Waals surface area contributed by atoms with Crippen LogP contribution in [-0.2, 0) is 22.6 Å². The summed E-state index contributed by atoms with van der Waals surface area (Å²) in [6.07, 6.45) is 0.359. The molecule has 7 heteroatoms. The molecule has 190 valence electrons. The van der Waals surface area contributed by atoms with Crippen molar-refractivity contribution in [3.63, 3.8) is 0 Å². The van der Waals surface area contributed by atoms with Gasteiger partial charge in [0.15, 0.2) is 6.61 Å². The number of carbonyl (C=O) groups excluding carboxylic acids is 2. The van der Waals surface area contributed by atoms with Gasteiger partial charge in [-0.1, -0.05) is 54.1 Å². The number of hydrogen-bond donors (Lipinski definition) is 1. The second-order valence-electron chi connectivity index (χ2n) is 9.56. The molecule has 0 spiro atoms. The van der Waals surface area contributed by atoms with Gasteiger partial charge in [-0.05, 0) is 68.3 Å². The van der Waals surface area contributed by atoms with Crippen molar-refractivity contribution in [1.29, 1.82) is 0 Å². The van der Waals surface area contributed by atoms with Crippen molar-refractivity contribution in [2.45, 2.75) is 45.3 Å². The minimum atomic E-state index is -0.752. The van der Waals surface area contributed by atoms with E-state index >= 15 is 0 Å². The highest BCUT2D eigenvalue weighted by Gasteiger charge is 2.32. The average Bonchev–Trinajstić information content (AvgIpc) is 2.84. The lowest BCUT2D eigenvalue weighted by Crippen LogP contribution is -2.55. The van der Waals surface area contributed by atoms with Gasteiger partial charge in [-0.15, -0.1) is 0 Å². The van der Waals surface area contributed by atoms with Crippen molar-refractivity contribution in [3.05, 3.63) is 95.0 Å². The number of ether oxygens (including phenoxy) is 2. The maximum atomic E-state index is 13.6. The lowest BCUT2D eigenvalue weighted by atomic mass is 10.0. The van der Waals surface area contributed by atoms with E-state index in [0.29, 0.717) is 22.9 Å². The number of hydrogen-bond acceptors (Lipinski definition) is 4. The van der Waals surface area contributed by atoms with Crippen LogP contribution in [0, 0.1) is 0 Å². The molecule has 0 aromatic heterocycles. The predicted octanol–water partition coefficient (Wildman–Crippen LogP) is 5.28. The molecule has 1 atom stereocenters. The monoisotopic (exact) mass is 508 g/mol. The number of methoxy groups -OCH3 is 1. The second kappa shape index (κ2) is 12.5. The van der Waals surface area contributed by atoms with E-state index in [1.807, 2.05) is 63.2 Å². The lowest BCUT2D eigenvalue weighted by molar-refractivity contribution is -0.143. The van der Waals surface area contributed by atoms with Crippen molar-refractivity contribution in [2.75, 3.05) is 13.7 Å². The van der Waals surface area contributed by atoms with Crippen LogP contribution in [-0.4, -0.2) is 42.0 Å². The molecule has 0 bridgehead atoms. The third-order valence-corrected chi connectivity index (χ3v) is 5.67. The van der Waals surface area contributed by atoms with Crippen molar-refractivity contribution in [1.82, 2.24) is 10.2 Å². The molecular weight excluding hydrogens is 476 g/mol. The minimum absolute atomic E-state index is 0.209. The molecule has 0 fully saturated rings. The summed E-state index contributed by atoms with van der Waals surface area (Å²) < 4.78 is 11.0. The zero-order chi connectivity index (χ0) is 26.1. The number of nitrogens with one attached hydrogen (secondary N) is 1. The Morgan fingerprint density at radius 1 is 0.917 bits per heavy atom. The van der Waals surface area contributed by atoms with Gasteiger partial charge in [0.1, 0.15) is 17.5 Å². The van der Waals surface area contributed by atoms with E-state index in [-0.39, 0.29) is 25.0 Å². The van der Waals surface area contributed by atoms with Crippen LogP contribution in [0.2, 0.25) is 5.02 Å². The third kappa shape index (κ3) is 8.31. The van der Waals surface area contributed by atoms with Crippen molar-refractivity contribution in [2.24, 2.45) is 0 Å². The Hall–Kier alpha value is -3.51. The van der Waals surface area contributed by atoms with Gasteiger partial charge < -0.3 is 19.7 Å². The van der Waals surface area contributed by atoms with Crippen LogP contribution in [0.3, 0.4) is 0 Å². The molecule has 3 rings (SSSR count). The number of rotatable bonds is 10. The molecule has 0 saturated carbocycles. The smallest absolute Gasteiger partial charge is 0.261 e. The molecule has 2 amide bonds. The topological polar surface area (TPSA) is 67.9 Å². The third-order valence-electron chi connectivity index (χ3n) is 5.43. The van der Waals surface area contributed by atoms with Crippen molar-refractivity contribution < 1.29 is 19.1 Å². The Labute approximate surface area is 218 Å². The SMILES string of the molecule is COc1ccc(OCC(=O)N(Cc2cccc(Cl)c2)[C@@H](Cc2ccccc2)C(=O)NC(C)(C)C)cc1. The molecule has 0 radical (unpaired) electrons. The Bertz CT molecular complexity index is 1140. The Morgan fingerprint density at radius 3 is 2.17 bits per heavy atom. The number of carbonyl (C=O) groups is 2. The summed E-state index contributed by atoms with van der Waals surface area (Å²) in [5, 5.41) is 3.61. The predicted molar refractivity (Wildman–Crippen MR) is 142 cm³/mol. The largest absolute Gasteiger partial charge is 0.497 e. The normalized spacial score (nSPS) is 11.9. The first-order valence-electron chi connectivity index (χ1n) is 11.8. The standard InChI is InChI=1S/C29H33ClN2O4/c1-29(2,3)31-28(34)26(18-21-9-6-5-7-10-21)32(19-22-11-8-12-23(30)17-22)27(33)20-36-25-15-13-24(35-4)14-16-25/h5-17,26H,18-20H2,1-4H3,(H,31,34)/t26-/m0/s1. The van der Waals surface area contributed by atoms with Gasteiger partial charge in [0.2, 0.25) is 5.91 Å². The zero-order valence-electron chi connectivity index (χ0n) is 21.2. The van der Waals surface area contributed by atoms with Crippen molar-refractivity contribution >= 4 is 23.4 Å². The molecule has 0 aliphatic rings. The zero-order valence-corrected chi connectivity index (χ0v) is 21.9. The molecule has 0 saturated heterocycles. The first-order chi connectivity index (χ1) is 17.1. The molecule has 0 aliphatic heterocycles. The number of nitrogens with zero attached hydrogens (tertiary/aromatic N) is 1. The lowest BCUT2D eigenvalue weighted by Gasteiger charge is -2.33. The van der Waals surface area contributed by atoms with E-state index in [1.54, 1.807) is 48.4 Å². The first kappa shape index (κ1) is 27.1. The summed E-state index contributed by atoms with van der Waals surface area (Å²) in [7, 11) is 1.59. The summed E-state index contributed by atoms with van der Waals surface area (Å²) in [6.45, 7) is 5.74. The van der Waals surface area contributed by atoms with Crippen molar-refractivity contribution in [3.8, 4) is 11.5 Å². The van der Waals surface area contributed by atoms with Crippen LogP contribution in [0.4, 0.5) is 0 Å².